The van der Waals surface area contributed by atoms with Gasteiger partial charge in [-0.2, -0.15) is 0 Å². The van der Waals surface area contributed by atoms with Crippen molar-refractivity contribution >= 4 is 23.4 Å². The number of ether oxygens (including phenoxy) is 2. The summed E-state index contributed by atoms with van der Waals surface area (Å²) in [7, 11) is 1.57. The number of methoxy groups -OCH3 is 1. The third kappa shape index (κ3) is 3.87. The molecule has 9 heteroatoms. The Morgan fingerprint density at radius 3 is 2.47 bits per heavy atom. The second-order valence-electron chi connectivity index (χ2n) is 11.0. The first kappa shape index (κ1) is 26.4. The SMILES string of the molecule is CCCNC(=O)[C@@H]1[C@H]2C(=O)N([C@@H](CO)C(C)C)C(C(=O)Nc3ccc(OC)cc3)C23CC(C)[C@@]1(C)O3. The zero-order valence-corrected chi connectivity index (χ0v) is 22.0. The van der Waals surface area contributed by atoms with E-state index < -0.39 is 35.1 Å². The molecule has 3 heterocycles. The smallest absolute Gasteiger partial charge is 0.250 e. The molecular weight excluding hydrogens is 462 g/mol. The third-order valence-corrected chi connectivity index (χ3v) is 8.50. The van der Waals surface area contributed by atoms with Crippen LogP contribution in [0, 0.1) is 23.7 Å². The van der Waals surface area contributed by atoms with E-state index in [-0.39, 0.29) is 36.2 Å². The molecule has 3 saturated heterocycles. The molecule has 1 aromatic rings. The van der Waals surface area contributed by atoms with E-state index in [1.807, 2.05) is 34.6 Å². The van der Waals surface area contributed by atoms with Crippen molar-refractivity contribution in [2.24, 2.45) is 23.7 Å². The van der Waals surface area contributed by atoms with Gasteiger partial charge in [-0.25, -0.2) is 0 Å². The van der Waals surface area contributed by atoms with Gasteiger partial charge in [-0.05, 0) is 55.9 Å². The van der Waals surface area contributed by atoms with Gasteiger partial charge in [0.05, 0.1) is 37.2 Å². The summed E-state index contributed by atoms with van der Waals surface area (Å²) in [6.07, 6.45) is 1.25. The second-order valence-corrected chi connectivity index (χ2v) is 11.0. The molecule has 3 aliphatic rings. The van der Waals surface area contributed by atoms with Crippen LogP contribution in [0.2, 0.25) is 0 Å². The van der Waals surface area contributed by atoms with Gasteiger partial charge in [0.2, 0.25) is 17.7 Å². The first-order valence-electron chi connectivity index (χ1n) is 12.9. The van der Waals surface area contributed by atoms with Gasteiger partial charge < -0.3 is 30.1 Å². The maximum Gasteiger partial charge on any atom is 0.250 e. The Hall–Kier alpha value is -2.65. The highest BCUT2D eigenvalue weighted by Crippen LogP contribution is 2.65. The fraction of sp³-hybridized carbons (Fsp3) is 0.667. The normalized spacial score (nSPS) is 33.6. The molecule has 0 radical (unpaired) electrons. The number of amides is 3. The molecule has 2 bridgehead atoms. The summed E-state index contributed by atoms with van der Waals surface area (Å²) in [5.41, 5.74) is -1.46. The number of likely N-dealkylation sites (tertiary alicyclic amines) is 1. The van der Waals surface area contributed by atoms with Crippen LogP contribution in [0.4, 0.5) is 5.69 Å². The number of aliphatic hydroxyl groups excluding tert-OH is 1. The maximum atomic E-state index is 14.1. The number of benzene rings is 1. The summed E-state index contributed by atoms with van der Waals surface area (Å²) >= 11 is 0. The Labute approximate surface area is 212 Å². The quantitative estimate of drug-likeness (QED) is 0.478. The minimum atomic E-state index is -1.15. The molecule has 3 amide bonds. The molecule has 7 atom stereocenters. The number of fused-ring (bicyclic) bond motifs is 1. The highest BCUT2D eigenvalue weighted by atomic mass is 16.5. The minimum Gasteiger partial charge on any atom is -0.497 e. The number of anilines is 1. The van der Waals surface area contributed by atoms with Gasteiger partial charge in [0.15, 0.2) is 0 Å². The van der Waals surface area contributed by atoms with Gasteiger partial charge in [0.1, 0.15) is 17.4 Å². The van der Waals surface area contributed by atoms with E-state index in [9.17, 15) is 19.5 Å². The van der Waals surface area contributed by atoms with Crippen molar-refractivity contribution in [2.45, 2.75) is 70.7 Å². The number of rotatable bonds is 9. The average Bonchev–Trinajstić information content (AvgIpc) is 3.35. The van der Waals surface area contributed by atoms with E-state index in [1.165, 1.54) is 4.90 Å². The zero-order chi connectivity index (χ0) is 26.4. The van der Waals surface area contributed by atoms with Crippen molar-refractivity contribution in [3.63, 3.8) is 0 Å². The van der Waals surface area contributed by atoms with Crippen molar-refractivity contribution in [1.29, 1.82) is 0 Å². The van der Waals surface area contributed by atoms with Gasteiger partial charge in [0.25, 0.3) is 0 Å². The Balaban J connectivity index is 1.78. The highest BCUT2D eigenvalue weighted by molar-refractivity contribution is 6.04. The third-order valence-electron chi connectivity index (χ3n) is 8.50. The summed E-state index contributed by atoms with van der Waals surface area (Å²) in [5.74, 6) is -1.91. The number of nitrogens with zero attached hydrogens (tertiary/aromatic N) is 1. The van der Waals surface area contributed by atoms with Crippen molar-refractivity contribution in [3.05, 3.63) is 24.3 Å². The molecular formula is C27H39N3O6. The van der Waals surface area contributed by atoms with E-state index in [1.54, 1.807) is 31.4 Å². The molecule has 3 aliphatic heterocycles. The lowest BCUT2D eigenvalue weighted by atomic mass is 9.62. The van der Waals surface area contributed by atoms with Crippen LogP contribution in [-0.2, 0) is 19.1 Å². The van der Waals surface area contributed by atoms with E-state index in [2.05, 4.69) is 10.6 Å². The lowest BCUT2D eigenvalue weighted by Crippen LogP contribution is -2.57. The molecule has 0 aromatic heterocycles. The standard InChI is InChI=1S/C27H39N3O6/c1-7-12-28-23(32)20-21-25(34)30(19(14-31)15(2)3)22(27(21)13-16(4)26(20,5)36-27)24(33)29-17-8-10-18(35-6)11-9-17/h8-11,15-16,19-22,31H,7,12-14H2,1-6H3,(H,28,32)(H,29,33)/t16?,19-,20-,21-,22?,26+,27?/m0/s1. The molecule has 3 fully saturated rings. The molecule has 1 spiro atoms. The Bertz CT molecular complexity index is 1010. The van der Waals surface area contributed by atoms with Crippen LogP contribution < -0.4 is 15.4 Å². The number of hydrogen-bond acceptors (Lipinski definition) is 6. The number of carbonyl (C=O) groups excluding carboxylic acids is 3. The largest absolute Gasteiger partial charge is 0.497 e. The Kier molecular flexibility index (Phi) is 7.09. The van der Waals surface area contributed by atoms with Gasteiger partial charge in [-0.1, -0.05) is 27.7 Å². The predicted octanol–water partition coefficient (Wildman–Crippen LogP) is 2.19. The monoisotopic (exact) mass is 501 g/mol. The number of hydrogen-bond donors (Lipinski definition) is 3. The summed E-state index contributed by atoms with van der Waals surface area (Å²) in [4.78, 5) is 43.0. The van der Waals surface area contributed by atoms with Crippen LogP contribution in [-0.4, -0.2) is 71.3 Å². The topological polar surface area (TPSA) is 117 Å². The molecule has 0 saturated carbocycles. The molecule has 36 heavy (non-hydrogen) atoms. The maximum absolute atomic E-state index is 14.1. The van der Waals surface area contributed by atoms with E-state index in [0.29, 0.717) is 24.4 Å². The fourth-order valence-corrected chi connectivity index (χ4v) is 6.60. The van der Waals surface area contributed by atoms with Crippen molar-refractivity contribution < 1.29 is 29.0 Å². The van der Waals surface area contributed by atoms with Crippen LogP contribution in [0.25, 0.3) is 0 Å². The first-order chi connectivity index (χ1) is 17.0. The lowest BCUT2D eigenvalue weighted by molar-refractivity contribution is -0.150. The summed E-state index contributed by atoms with van der Waals surface area (Å²) in [6.45, 7) is 9.91. The molecule has 3 unspecified atom stereocenters. The molecule has 9 nitrogen and oxygen atoms in total. The number of nitrogens with one attached hydrogen (secondary N) is 2. The molecule has 198 valence electrons. The van der Waals surface area contributed by atoms with Crippen LogP contribution in [0.3, 0.4) is 0 Å². The van der Waals surface area contributed by atoms with Crippen LogP contribution in [0.1, 0.15) is 47.5 Å². The molecule has 3 N–H and O–H groups in total. The summed E-state index contributed by atoms with van der Waals surface area (Å²) < 4.78 is 11.9. The van der Waals surface area contributed by atoms with Gasteiger partial charge in [-0.15, -0.1) is 0 Å². The van der Waals surface area contributed by atoms with E-state index in [4.69, 9.17) is 9.47 Å². The van der Waals surface area contributed by atoms with Crippen LogP contribution in [0.5, 0.6) is 5.75 Å². The Morgan fingerprint density at radius 1 is 1.25 bits per heavy atom. The van der Waals surface area contributed by atoms with Crippen LogP contribution >= 0.6 is 0 Å². The summed E-state index contributed by atoms with van der Waals surface area (Å²) in [5, 5.41) is 16.2. The highest BCUT2D eigenvalue weighted by Gasteiger charge is 2.80. The second kappa shape index (κ2) is 9.67. The van der Waals surface area contributed by atoms with Crippen LogP contribution in [0.15, 0.2) is 24.3 Å². The van der Waals surface area contributed by atoms with Crippen molar-refractivity contribution in [1.82, 2.24) is 10.2 Å². The first-order valence-corrected chi connectivity index (χ1v) is 12.9. The fourth-order valence-electron chi connectivity index (χ4n) is 6.60. The molecule has 0 aliphatic carbocycles. The Morgan fingerprint density at radius 2 is 1.92 bits per heavy atom. The lowest BCUT2D eigenvalue weighted by Gasteiger charge is -2.38. The summed E-state index contributed by atoms with van der Waals surface area (Å²) in [6, 6.07) is 5.38. The number of carbonyl (C=O) groups is 3. The van der Waals surface area contributed by atoms with Gasteiger partial charge >= 0.3 is 0 Å². The van der Waals surface area contributed by atoms with E-state index in [0.717, 1.165) is 6.42 Å². The zero-order valence-electron chi connectivity index (χ0n) is 22.0. The number of aliphatic hydroxyl groups is 1. The average molecular weight is 502 g/mol. The van der Waals surface area contributed by atoms with Gasteiger partial charge in [0, 0.05) is 12.2 Å². The minimum absolute atomic E-state index is 0.0400. The predicted molar refractivity (Wildman–Crippen MR) is 134 cm³/mol. The molecule has 1 aromatic carbocycles. The molecule has 4 rings (SSSR count). The van der Waals surface area contributed by atoms with Crippen molar-refractivity contribution in [3.8, 4) is 5.75 Å². The van der Waals surface area contributed by atoms with E-state index >= 15 is 0 Å². The van der Waals surface area contributed by atoms with Gasteiger partial charge in [-0.3, -0.25) is 14.4 Å². The van der Waals surface area contributed by atoms with Crippen molar-refractivity contribution in [2.75, 3.05) is 25.6 Å².